The van der Waals surface area contributed by atoms with Gasteiger partial charge in [0.2, 0.25) is 0 Å². The van der Waals surface area contributed by atoms with Gasteiger partial charge in [0.1, 0.15) is 5.15 Å². The first-order valence-corrected chi connectivity index (χ1v) is 6.16. The van der Waals surface area contributed by atoms with Gasteiger partial charge in [-0.2, -0.15) is 0 Å². The Morgan fingerprint density at radius 1 is 1.47 bits per heavy atom. The third kappa shape index (κ3) is 3.24. The van der Waals surface area contributed by atoms with Crippen molar-refractivity contribution in [2.45, 2.75) is 32.4 Å². The fourth-order valence-electron chi connectivity index (χ4n) is 2.24. The Labute approximate surface area is 114 Å². The highest BCUT2D eigenvalue weighted by Gasteiger charge is 2.21. The summed E-state index contributed by atoms with van der Waals surface area (Å²) in [5, 5.41) is 3.95. The van der Waals surface area contributed by atoms with Crippen molar-refractivity contribution in [3.05, 3.63) is 23.0 Å². The highest BCUT2D eigenvalue weighted by molar-refractivity contribution is 6.30. The Kier molecular flexibility index (Phi) is 5.50. The van der Waals surface area contributed by atoms with Crippen LogP contribution in [0.25, 0.3) is 0 Å². The Morgan fingerprint density at radius 2 is 2.24 bits per heavy atom. The zero-order valence-electron chi connectivity index (χ0n) is 10.2. The number of piperidine rings is 1. The quantitative estimate of drug-likeness (QED) is 0.842. The number of pyridine rings is 1. The number of aryl methyl sites for hydroxylation is 1. The van der Waals surface area contributed by atoms with Gasteiger partial charge in [-0.05, 0) is 44.9 Å². The van der Waals surface area contributed by atoms with Crippen LogP contribution in [0, 0.1) is 6.92 Å². The molecule has 0 bridgehead atoms. The highest BCUT2D eigenvalue weighted by atomic mass is 35.5. The van der Waals surface area contributed by atoms with Crippen molar-refractivity contribution < 1.29 is 0 Å². The number of rotatable bonds is 2. The summed E-state index contributed by atoms with van der Waals surface area (Å²) in [4.78, 5) is 6.59. The van der Waals surface area contributed by atoms with Crippen LogP contribution in [0.2, 0.25) is 5.15 Å². The maximum Gasteiger partial charge on any atom is 0.132 e. The lowest BCUT2D eigenvalue weighted by Crippen LogP contribution is -2.47. The Bertz CT molecular complexity index is 371. The molecule has 2 heterocycles. The summed E-state index contributed by atoms with van der Waals surface area (Å²) >= 11 is 5.94. The molecule has 1 unspecified atom stereocenters. The van der Waals surface area contributed by atoms with Crippen molar-refractivity contribution in [1.82, 2.24) is 10.3 Å². The van der Waals surface area contributed by atoms with Crippen LogP contribution in [-0.4, -0.2) is 24.7 Å². The van der Waals surface area contributed by atoms with E-state index in [1.807, 2.05) is 20.2 Å². The van der Waals surface area contributed by atoms with Gasteiger partial charge < -0.3 is 10.2 Å². The molecule has 0 spiro atoms. The minimum atomic E-state index is 0. The number of hydrogen-bond donors (Lipinski definition) is 1. The average Bonchev–Trinajstić information content (AvgIpc) is 2.32. The van der Waals surface area contributed by atoms with Crippen LogP contribution < -0.4 is 10.2 Å². The van der Waals surface area contributed by atoms with E-state index in [4.69, 9.17) is 11.6 Å². The number of nitrogens with one attached hydrogen (secondary N) is 1. The number of halogens is 2. The van der Waals surface area contributed by atoms with Crippen molar-refractivity contribution in [2.24, 2.45) is 0 Å². The summed E-state index contributed by atoms with van der Waals surface area (Å²) in [6.07, 6.45) is 6.03. The van der Waals surface area contributed by atoms with E-state index < -0.39 is 0 Å². The molecular weight excluding hydrogens is 257 g/mol. The molecule has 17 heavy (non-hydrogen) atoms. The summed E-state index contributed by atoms with van der Waals surface area (Å²) in [7, 11) is 2.01. The molecule has 0 aromatic carbocycles. The first-order chi connectivity index (χ1) is 7.72. The van der Waals surface area contributed by atoms with E-state index >= 15 is 0 Å². The molecule has 1 N–H and O–H groups in total. The predicted molar refractivity (Wildman–Crippen MR) is 75.3 cm³/mol. The summed E-state index contributed by atoms with van der Waals surface area (Å²) in [6.45, 7) is 3.09. The predicted octanol–water partition coefficient (Wildman–Crippen LogP) is 3.00. The average molecular weight is 276 g/mol. The molecule has 0 amide bonds. The smallest absolute Gasteiger partial charge is 0.132 e. The van der Waals surface area contributed by atoms with Crippen LogP contribution in [0.3, 0.4) is 0 Å². The van der Waals surface area contributed by atoms with Crippen molar-refractivity contribution in [3.8, 4) is 0 Å². The SMILES string of the molecule is CNC1CCCCN1c1cnc(Cl)c(C)c1.Cl. The normalized spacial score (nSPS) is 19.9. The Balaban J connectivity index is 0.00000144. The summed E-state index contributed by atoms with van der Waals surface area (Å²) in [5.74, 6) is 0. The standard InChI is InChI=1S/C12H18ClN3.ClH/c1-9-7-10(8-15-12(9)13)16-6-4-3-5-11(16)14-2;/h7-8,11,14H,3-6H2,1-2H3;1H. The largest absolute Gasteiger partial charge is 0.355 e. The van der Waals surface area contributed by atoms with Gasteiger partial charge in [-0.15, -0.1) is 12.4 Å². The third-order valence-electron chi connectivity index (χ3n) is 3.17. The number of hydrogen-bond acceptors (Lipinski definition) is 3. The molecule has 0 aliphatic carbocycles. The monoisotopic (exact) mass is 275 g/mol. The molecule has 1 atom stereocenters. The van der Waals surface area contributed by atoms with Gasteiger partial charge >= 0.3 is 0 Å². The van der Waals surface area contributed by atoms with Gasteiger partial charge in [-0.3, -0.25) is 0 Å². The topological polar surface area (TPSA) is 28.2 Å². The van der Waals surface area contributed by atoms with E-state index in [1.54, 1.807) is 0 Å². The fourth-order valence-corrected chi connectivity index (χ4v) is 2.34. The van der Waals surface area contributed by atoms with Crippen LogP contribution in [0.15, 0.2) is 12.3 Å². The Morgan fingerprint density at radius 3 is 2.88 bits per heavy atom. The molecule has 0 radical (unpaired) electrons. The third-order valence-corrected chi connectivity index (χ3v) is 3.56. The Hall–Kier alpha value is -0.510. The minimum absolute atomic E-state index is 0. The number of nitrogens with zero attached hydrogens (tertiary/aromatic N) is 2. The second kappa shape index (κ2) is 6.43. The second-order valence-corrected chi connectivity index (χ2v) is 4.65. The number of anilines is 1. The molecule has 1 saturated heterocycles. The molecule has 1 aliphatic rings. The van der Waals surface area contributed by atoms with E-state index in [0.717, 1.165) is 12.1 Å². The van der Waals surface area contributed by atoms with Gasteiger partial charge in [0, 0.05) is 6.54 Å². The molecule has 1 aromatic rings. The summed E-state index contributed by atoms with van der Waals surface area (Å²) < 4.78 is 0. The van der Waals surface area contributed by atoms with E-state index in [0.29, 0.717) is 11.3 Å². The zero-order valence-corrected chi connectivity index (χ0v) is 11.8. The van der Waals surface area contributed by atoms with Crippen LogP contribution in [-0.2, 0) is 0 Å². The molecule has 96 valence electrons. The lowest BCUT2D eigenvalue weighted by molar-refractivity contribution is 0.418. The van der Waals surface area contributed by atoms with Crippen molar-refractivity contribution in [2.75, 3.05) is 18.5 Å². The molecule has 0 saturated carbocycles. The maximum absolute atomic E-state index is 5.94. The molecular formula is C12H19Cl2N3. The van der Waals surface area contributed by atoms with Gasteiger partial charge in [0.05, 0.1) is 18.1 Å². The van der Waals surface area contributed by atoms with Crippen molar-refractivity contribution >= 4 is 29.7 Å². The molecule has 1 fully saturated rings. The molecule has 2 rings (SSSR count). The van der Waals surface area contributed by atoms with Crippen molar-refractivity contribution in [1.29, 1.82) is 0 Å². The molecule has 3 nitrogen and oxygen atoms in total. The fraction of sp³-hybridized carbons (Fsp3) is 0.583. The van der Waals surface area contributed by atoms with Crippen LogP contribution in [0.4, 0.5) is 5.69 Å². The molecule has 5 heteroatoms. The number of aromatic nitrogens is 1. The van der Waals surface area contributed by atoms with E-state index in [1.165, 1.54) is 24.9 Å². The first-order valence-electron chi connectivity index (χ1n) is 5.78. The highest BCUT2D eigenvalue weighted by Crippen LogP contribution is 2.25. The second-order valence-electron chi connectivity index (χ2n) is 4.29. The van der Waals surface area contributed by atoms with Crippen molar-refractivity contribution in [3.63, 3.8) is 0 Å². The van der Waals surface area contributed by atoms with Crippen LogP contribution in [0.5, 0.6) is 0 Å². The van der Waals surface area contributed by atoms with Crippen LogP contribution in [0.1, 0.15) is 24.8 Å². The summed E-state index contributed by atoms with van der Waals surface area (Å²) in [5.41, 5.74) is 2.21. The first kappa shape index (κ1) is 14.6. The van der Waals surface area contributed by atoms with E-state index in [9.17, 15) is 0 Å². The van der Waals surface area contributed by atoms with E-state index in [-0.39, 0.29) is 12.4 Å². The molecule has 1 aromatic heterocycles. The van der Waals surface area contributed by atoms with Gasteiger partial charge in [-0.25, -0.2) is 4.98 Å². The van der Waals surface area contributed by atoms with E-state index in [2.05, 4.69) is 21.3 Å². The molecule has 1 aliphatic heterocycles. The van der Waals surface area contributed by atoms with Gasteiger partial charge in [0.25, 0.3) is 0 Å². The zero-order chi connectivity index (χ0) is 11.5. The minimum Gasteiger partial charge on any atom is -0.355 e. The summed E-state index contributed by atoms with van der Waals surface area (Å²) in [6, 6.07) is 2.12. The van der Waals surface area contributed by atoms with Crippen LogP contribution >= 0.6 is 24.0 Å². The van der Waals surface area contributed by atoms with Gasteiger partial charge in [-0.1, -0.05) is 11.6 Å². The van der Waals surface area contributed by atoms with Gasteiger partial charge in [0.15, 0.2) is 0 Å². The lowest BCUT2D eigenvalue weighted by Gasteiger charge is -2.37. The maximum atomic E-state index is 5.94. The lowest BCUT2D eigenvalue weighted by atomic mass is 10.1.